The summed E-state index contributed by atoms with van der Waals surface area (Å²) in [4.78, 5) is 7.41. The molecule has 3 rings (SSSR count). The molecule has 1 N–H and O–H groups in total. The van der Waals surface area contributed by atoms with E-state index in [1.165, 1.54) is 0 Å². The maximum Gasteiger partial charge on any atom is 0.217 e. The summed E-state index contributed by atoms with van der Waals surface area (Å²) in [5, 5.41) is -0.205. The molecule has 0 unspecified atom stereocenters. The molecule has 1 saturated carbocycles. The van der Waals surface area contributed by atoms with Gasteiger partial charge in [0.15, 0.2) is 0 Å². The molecule has 1 aromatic heterocycles. The first kappa shape index (κ1) is 15.0. The van der Waals surface area contributed by atoms with E-state index < -0.39 is 10.0 Å². The quantitative estimate of drug-likeness (QED) is 0.922. The summed E-state index contributed by atoms with van der Waals surface area (Å²) in [7, 11) is -3.21. The molecular formula is C14H23N3O3S. The molecule has 0 bridgehead atoms. The number of morpholine rings is 1. The normalized spacial score (nSPS) is 26.0. The fourth-order valence-corrected chi connectivity index (χ4v) is 5.22. The van der Waals surface area contributed by atoms with Gasteiger partial charge in [0.25, 0.3) is 0 Å². The standard InChI is InChI=1S/C14H23N3O3S/c1-11-9-15-14(16-11)13-10-17(7-8-20-13)21(18,19)12-5-3-2-4-6-12/h9,12-13H,2-8,10H2,1H3,(H,15,16)/t13-/m0/s1. The second-order valence-corrected chi connectivity index (χ2v) is 8.19. The number of aromatic amines is 1. The van der Waals surface area contributed by atoms with Crippen LogP contribution in [0.1, 0.15) is 49.7 Å². The van der Waals surface area contributed by atoms with Crippen molar-refractivity contribution in [1.29, 1.82) is 0 Å². The summed E-state index contributed by atoms with van der Waals surface area (Å²) in [6, 6.07) is 0. The van der Waals surface area contributed by atoms with E-state index in [9.17, 15) is 8.42 Å². The molecule has 118 valence electrons. The molecular weight excluding hydrogens is 290 g/mol. The van der Waals surface area contributed by atoms with Gasteiger partial charge in [-0.2, -0.15) is 4.31 Å². The highest BCUT2D eigenvalue weighted by atomic mass is 32.2. The Hall–Kier alpha value is -0.920. The molecule has 21 heavy (non-hydrogen) atoms. The van der Waals surface area contributed by atoms with Gasteiger partial charge in [-0.25, -0.2) is 13.4 Å². The lowest BCUT2D eigenvalue weighted by atomic mass is 10.0. The van der Waals surface area contributed by atoms with Crippen molar-refractivity contribution < 1.29 is 13.2 Å². The average Bonchev–Trinajstić information content (AvgIpc) is 2.95. The number of rotatable bonds is 3. The lowest BCUT2D eigenvalue weighted by Gasteiger charge is -2.34. The number of nitrogens with zero attached hydrogens (tertiary/aromatic N) is 2. The van der Waals surface area contributed by atoms with Crippen molar-refractivity contribution in [1.82, 2.24) is 14.3 Å². The number of aryl methyl sites for hydroxylation is 1. The highest BCUT2D eigenvalue weighted by molar-refractivity contribution is 7.89. The Bertz CT molecular complexity index is 578. The van der Waals surface area contributed by atoms with Crippen LogP contribution in [0.2, 0.25) is 0 Å². The third-order valence-corrected chi connectivity index (χ3v) is 6.76. The highest BCUT2D eigenvalue weighted by Gasteiger charge is 2.37. The van der Waals surface area contributed by atoms with E-state index in [1.54, 1.807) is 10.5 Å². The number of hydrogen-bond acceptors (Lipinski definition) is 4. The van der Waals surface area contributed by atoms with Crippen LogP contribution >= 0.6 is 0 Å². The predicted molar refractivity (Wildman–Crippen MR) is 79.4 cm³/mol. The Morgan fingerprint density at radius 2 is 2.10 bits per heavy atom. The number of H-pyrrole nitrogens is 1. The Kier molecular flexibility index (Phi) is 4.33. The van der Waals surface area contributed by atoms with Gasteiger partial charge >= 0.3 is 0 Å². The van der Waals surface area contributed by atoms with Crippen molar-refractivity contribution in [2.75, 3.05) is 19.7 Å². The summed E-state index contributed by atoms with van der Waals surface area (Å²) in [6.45, 7) is 3.17. The Labute approximate surface area is 125 Å². The van der Waals surface area contributed by atoms with Gasteiger partial charge in [-0.3, -0.25) is 0 Å². The van der Waals surface area contributed by atoms with Crippen LogP contribution in [-0.4, -0.2) is 47.6 Å². The molecule has 2 heterocycles. The molecule has 0 spiro atoms. The van der Waals surface area contributed by atoms with E-state index in [2.05, 4.69) is 9.97 Å². The molecule has 0 radical (unpaired) electrons. The molecule has 1 aromatic rings. The first-order valence-electron chi connectivity index (χ1n) is 7.69. The van der Waals surface area contributed by atoms with Gasteiger partial charge in [0.1, 0.15) is 11.9 Å². The second-order valence-electron chi connectivity index (χ2n) is 5.97. The van der Waals surface area contributed by atoms with E-state index in [1.807, 2.05) is 6.92 Å². The highest BCUT2D eigenvalue weighted by Crippen LogP contribution is 2.29. The van der Waals surface area contributed by atoms with Gasteiger partial charge in [-0.05, 0) is 19.8 Å². The van der Waals surface area contributed by atoms with Gasteiger partial charge < -0.3 is 9.72 Å². The van der Waals surface area contributed by atoms with Crippen molar-refractivity contribution >= 4 is 10.0 Å². The monoisotopic (exact) mass is 313 g/mol. The maximum absolute atomic E-state index is 12.8. The predicted octanol–water partition coefficient (Wildman–Crippen LogP) is 1.75. The molecule has 1 aliphatic heterocycles. The van der Waals surface area contributed by atoms with Crippen molar-refractivity contribution in [2.45, 2.75) is 50.4 Å². The lowest BCUT2D eigenvalue weighted by Crippen LogP contribution is -2.46. The van der Waals surface area contributed by atoms with Gasteiger partial charge in [0.2, 0.25) is 10.0 Å². The van der Waals surface area contributed by atoms with Crippen LogP contribution in [0.25, 0.3) is 0 Å². The fraction of sp³-hybridized carbons (Fsp3) is 0.786. The van der Waals surface area contributed by atoms with Crippen molar-refractivity contribution in [3.05, 3.63) is 17.7 Å². The molecule has 1 atom stereocenters. The summed E-state index contributed by atoms with van der Waals surface area (Å²) in [5.41, 5.74) is 0.959. The summed E-state index contributed by atoms with van der Waals surface area (Å²) in [5.74, 6) is 0.719. The molecule has 1 aliphatic carbocycles. The minimum absolute atomic E-state index is 0.205. The minimum atomic E-state index is -3.21. The van der Waals surface area contributed by atoms with E-state index in [-0.39, 0.29) is 11.4 Å². The molecule has 2 aliphatic rings. The van der Waals surface area contributed by atoms with E-state index in [0.29, 0.717) is 19.7 Å². The summed E-state index contributed by atoms with van der Waals surface area (Å²) < 4.78 is 32.8. The van der Waals surface area contributed by atoms with Crippen LogP contribution in [0, 0.1) is 6.92 Å². The van der Waals surface area contributed by atoms with Crippen LogP contribution in [-0.2, 0) is 14.8 Å². The molecule has 1 saturated heterocycles. The zero-order chi connectivity index (χ0) is 14.9. The number of aromatic nitrogens is 2. The van der Waals surface area contributed by atoms with Gasteiger partial charge in [-0.1, -0.05) is 19.3 Å². The lowest BCUT2D eigenvalue weighted by molar-refractivity contribution is -0.00749. The summed E-state index contributed by atoms with van der Waals surface area (Å²) >= 11 is 0. The molecule has 0 amide bonds. The summed E-state index contributed by atoms with van der Waals surface area (Å²) in [6.07, 6.45) is 6.25. The van der Waals surface area contributed by atoms with Crippen molar-refractivity contribution in [3.63, 3.8) is 0 Å². The number of imidazole rings is 1. The molecule has 7 heteroatoms. The maximum atomic E-state index is 12.8. The SMILES string of the molecule is Cc1cnc([C@@H]2CN(S(=O)(=O)C3CCCCC3)CCO2)[nH]1. The third kappa shape index (κ3) is 3.14. The van der Waals surface area contributed by atoms with E-state index >= 15 is 0 Å². The van der Waals surface area contributed by atoms with Gasteiger partial charge in [0, 0.05) is 25.0 Å². The Balaban J connectivity index is 1.73. The zero-order valence-corrected chi connectivity index (χ0v) is 13.2. The minimum Gasteiger partial charge on any atom is -0.368 e. The third-order valence-electron chi connectivity index (χ3n) is 4.39. The van der Waals surface area contributed by atoms with Crippen LogP contribution in [0.15, 0.2) is 6.20 Å². The average molecular weight is 313 g/mol. The van der Waals surface area contributed by atoms with Crippen molar-refractivity contribution in [3.8, 4) is 0 Å². The fourth-order valence-electron chi connectivity index (χ4n) is 3.19. The topological polar surface area (TPSA) is 75.3 Å². The molecule has 2 fully saturated rings. The van der Waals surface area contributed by atoms with Crippen LogP contribution in [0.5, 0.6) is 0 Å². The largest absolute Gasteiger partial charge is 0.368 e. The number of hydrogen-bond donors (Lipinski definition) is 1. The number of ether oxygens (including phenoxy) is 1. The van der Waals surface area contributed by atoms with Gasteiger partial charge in [0.05, 0.1) is 11.9 Å². The van der Waals surface area contributed by atoms with E-state index in [0.717, 1.165) is 43.6 Å². The van der Waals surface area contributed by atoms with Crippen molar-refractivity contribution in [2.24, 2.45) is 0 Å². The Morgan fingerprint density at radius 3 is 2.76 bits per heavy atom. The first-order valence-corrected chi connectivity index (χ1v) is 9.20. The molecule has 0 aromatic carbocycles. The Morgan fingerprint density at radius 1 is 1.33 bits per heavy atom. The zero-order valence-electron chi connectivity index (χ0n) is 12.4. The van der Waals surface area contributed by atoms with Crippen LogP contribution in [0.3, 0.4) is 0 Å². The van der Waals surface area contributed by atoms with Crippen LogP contribution < -0.4 is 0 Å². The number of sulfonamides is 1. The smallest absolute Gasteiger partial charge is 0.217 e. The second kappa shape index (κ2) is 6.06. The van der Waals surface area contributed by atoms with E-state index in [4.69, 9.17) is 4.74 Å². The van der Waals surface area contributed by atoms with Crippen LogP contribution in [0.4, 0.5) is 0 Å². The number of nitrogens with one attached hydrogen (secondary N) is 1. The first-order chi connectivity index (χ1) is 10.1. The van der Waals surface area contributed by atoms with Gasteiger partial charge in [-0.15, -0.1) is 0 Å². The molecule has 6 nitrogen and oxygen atoms in total.